The summed E-state index contributed by atoms with van der Waals surface area (Å²) in [6.45, 7) is 4.96. The largest absolute Gasteiger partial charge is 0.494 e. The summed E-state index contributed by atoms with van der Waals surface area (Å²) in [6, 6.07) is 0. The average molecular weight is 223 g/mol. The minimum atomic E-state index is -0.0887. The maximum absolute atomic E-state index is 5.54. The fraction of sp³-hybridized carbons (Fsp3) is 0.636. The Kier molecular flexibility index (Phi) is 2.96. The van der Waals surface area contributed by atoms with Gasteiger partial charge in [0.2, 0.25) is 5.95 Å². The molecule has 1 saturated heterocycles. The Morgan fingerprint density at radius 1 is 1.50 bits per heavy atom. The number of hydrogen-bond donors (Lipinski definition) is 1. The molecule has 2 rings (SSSR count). The van der Waals surface area contributed by atoms with Crippen molar-refractivity contribution in [2.75, 3.05) is 19.0 Å². The zero-order valence-electron chi connectivity index (χ0n) is 9.86. The number of rotatable bonds is 3. The number of methoxy groups -OCH3 is 1. The van der Waals surface area contributed by atoms with E-state index in [0.717, 1.165) is 13.0 Å². The Labute approximate surface area is 95.2 Å². The zero-order chi connectivity index (χ0) is 11.6. The van der Waals surface area contributed by atoms with Crippen LogP contribution in [0.3, 0.4) is 0 Å². The zero-order valence-corrected chi connectivity index (χ0v) is 9.86. The molecule has 0 aliphatic carbocycles. The van der Waals surface area contributed by atoms with Crippen molar-refractivity contribution >= 4 is 5.95 Å². The third-order valence-corrected chi connectivity index (χ3v) is 3.15. The molecule has 0 radical (unpaired) electrons. The quantitative estimate of drug-likeness (QED) is 0.840. The summed E-state index contributed by atoms with van der Waals surface area (Å²) in [6.07, 6.45) is 4.43. The first-order valence-corrected chi connectivity index (χ1v) is 5.40. The Morgan fingerprint density at radius 2 is 2.19 bits per heavy atom. The van der Waals surface area contributed by atoms with Crippen LogP contribution in [0.5, 0.6) is 5.75 Å². The van der Waals surface area contributed by atoms with E-state index in [1.807, 2.05) is 0 Å². The lowest BCUT2D eigenvalue weighted by molar-refractivity contribution is 0.105. The molecule has 1 N–H and O–H groups in total. The van der Waals surface area contributed by atoms with Gasteiger partial charge < -0.3 is 14.8 Å². The predicted octanol–water partition coefficient (Wildman–Crippen LogP) is 1.46. The second kappa shape index (κ2) is 4.25. The molecular weight excluding hydrogens is 206 g/mol. The molecule has 0 bridgehead atoms. The van der Waals surface area contributed by atoms with E-state index >= 15 is 0 Å². The minimum Gasteiger partial charge on any atom is -0.494 e. The van der Waals surface area contributed by atoms with E-state index in [0.29, 0.717) is 11.7 Å². The SMILES string of the molecule is COc1cnc(NC2(C)CCOC2C)nc1. The molecule has 5 heteroatoms. The van der Waals surface area contributed by atoms with Gasteiger partial charge in [0.1, 0.15) is 0 Å². The molecule has 2 atom stereocenters. The first-order chi connectivity index (χ1) is 7.64. The van der Waals surface area contributed by atoms with Gasteiger partial charge in [-0.25, -0.2) is 9.97 Å². The van der Waals surface area contributed by atoms with Gasteiger partial charge in [-0.1, -0.05) is 0 Å². The topological polar surface area (TPSA) is 56.3 Å². The van der Waals surface area contributed by atoms with E-state index in [4.69, 9.17) is 9.47 Å². The van der Waals surface area contributed by atoms with Crippen molar-refractivity contribution < 1.29 is 9.47 Å². The normalized spacial score (nSPS) is 29.1. The first-order valence-electron chi connectivity index (χ1n) is 5.40. The lowest BCUT2D eigenvalue weighted by Gasteiger charge is -2.28. The monoisotopic (exact) mass is 223 g/mol. The molecule has 16 heavy (non-hydrogen) atoms. The van der Waals surface area contributed by atoms with Crippen molar-refractivity contribution in [2.24, 2.45) is 0 Å². The molecule has 0 aromatic carbocycles. The minimum absolute atomic E-state index is 0.0887. The third kappa shape index (κ3) is 2.09. The maximum Gasteiger partial charge on any atom is 0.223 e. The molecular formula is C11H17N3O2. The highest BCUT2D eigenvalue weighted by molar-refractivity contribution is 5.32. The van der Waals surface area contributed by atoms with Crippen LogP contribution in [0, 0.1) is 0 Å². The van der Waals surface area contributed by atoms with Gasteiger partial charge in [0.15, 0.2) is 5.75 Å². The van der Waals surface area contributed by atoms with E-state index < -0.39 is 0 Å². The first kappa shape index (κ1) is 11.1. The number of hydrogen-bond acceptors (Lipinski definition) is 5. The number of ether oxygens (including phenoxy) is 2. The van der Waals surface area contributed by atoms with Crippen LogP contribution in [-0.2, 0) is 4.74 Å². The van der Waals surface area contributed by atoms with Gasteiger partial charge in [-0.05, 0) is 20.3 Å². The molecule has 0 saturated carbocycles. The lowest BCUT2D eigenvalue weighted by Crippen LogP contribution is -2.41. The van der Waals surface area contributed by atoms with Crippen LogP contribution in [0.25, 0.3) is 0 Å². The van der Waals surface area contributed by atoms with Crippen molar-refractivity contribution in [3.8, 4) is 5.75 Å². The van der Waals surface area contributed by atoms with Crippen LogP contribution in [-0.4, -0.2) is 35.3 Å². The fourth-order valence-corrected chi connectivity index (χ4v) is 1.74. The number of anilines is 1. The molecule has 0 amide bonds. The van der Waals surface area contributed by atoms with E-state index in [2.05, 4.69) is 29.1 Å². The smallest absolute Gasteiger partial charge is 0.223 e. The van der Waals surface area contributed by atoms with Crippen LogP contribution in [0.2, 0.25) is 0 Å². The van der Waals surface area contributed by atoms with E-state index in [1.54, 1.807) is 19.5 Å². The number of aromatic nitrogens is 2. The maximum atomic E-state index is 5.54. The van der Waals surface area contributed by atoms with Crippen molar-refractivity contribution in [1.29, 1.82) is 0 Å². The standard InChI is InChI=1S/C11H17N3O2/c1-8-11(2,4-5-16-8)14-10-12-6-9(15-3)7-13-10/h6-8H,4-5H2,1-3H3,(H,12,13,14). The molecule has 1 aromatic rings. The highest BCUT2D eigenvalue weighted by Gasteiger charge is 2.37. The molecule has 2 heterocycles. The molecule has 2 unspecified atom stereocenters. The second-order valence-electron chi connectivity index (χ2n) is 4.25. The summed E-state index contributed by atoms with van der Waals surface area (Å²) in [7, 11) is 1.60. The second-order valence-corrected chi connectivity index (χ2v) is 4.25. The summed E-state index contributed by atoms with van der Waals surface area (Å²) < 4.78 is 10.6. The van der Waals surface area contributed by atoms with Gasteiger partial charge in [-0.3, -0.25) is 0 Å². The predicted molar refractivity (Wildman–Crippen MR) is 60.6 cm³/mol. The van der Waals surface area contributed by atoms with Crippen molar-refractivity contribution in [3.05, 3.63) is 12.4 Å². The Morgan fingerprint density at radius 3 is 2.69 bits per heavy atom. The fourth-order valence-electron chi connectivity index (χ4n) is 1.74. The molecule has 1 fully saturated rings. The summed E-state index contributed by atoms with van der Waals surface area (Å²) in [5.41, 5.74) is -0.0887. The molecule has 5 nitrogen and oxygen atoms in total. The van der Waals surface area contributed by atoms with E-state index in [9.17, 15) is 0 Å². The van der Waals surface area contributed by atoms with Crippen molar-refractivity contribution in [2.45, 2.75) is 31.9 Å². The number of nitrogens with one attached hydrogen (secondary N) is 1. The van der Waals surface area contributed by atoms with Gasteiger partial charge in [0, 0.05) is 6.61 Å². The van der Waals surface area contributed by atoms with Crippen LogP contribution in [0.4, 0.5) is 5.95 Å². The summed E-state index contributed by atoms with van der Waals surface area (Å²) >= 11 is 0. The van der Waals surface area contributed by atoms with Crippen LogP contribution in [0.1, 0.15) is 20.3 Å². The molecule has 1 aliphatic rings. The summed E-state index contributed by atoms with van der Waals surface area (Å²) in [5, 5.41) is 3.32. The van der Waals surface area contributed by atoms with Gasteiger partial charge >= 0.3 is 0 Å². The van der Waals surface area contributed by atoms with Gasteiger partial charge in [0.05, 0.1) is 31.1 Å². The highest BCUT2D eigenvalue weighted by Crippen LogP contribution is 2.28. The van der Waals surface area contributed by atoms with Crippen LogP contribution >= 0.6 is 0 Å². The third-order valence-electron chi connectivity index (χ3n) is 3.15. The van der Waals surface area contributed by atoms with Crippen LogP contribution in [0.15, 0.2) is 12.4 Å². The molecule has 88 valence electrons. The highest BCUT2D eigenvalue weighted by atomic mass is 16.5. The molecule has 0 spiro atoms. The number of nitrogens with zero attached hydrogens (tertiary/aromatic N) is 2. The summed E-state index contributed by atoms with van der Waals surface area (Å²) in [5.74, 6) is 1.27. The average Bonchev–Trinajstić information content (AvgIpc) is 2.60. The van der Waals surface area contributed by atoms with E-state index in [1.165, 1.54) is 0 Å². The van der Waals surface area contributed by atoms with E-state index in [-0.39, 0.29) is 11.6 Å². The van der Waals surface area contributed by atoms with Crippen molar-refractivity contribution in [3.63, 3.8) is 0 Å². The molecule has 1 aromatic heterocycles. The Balaban J connectivity index is 2.08. The lowest BCUT2D eigenvalue weighted by atomic mass is 9.95. The van der Waals surface area contributed by atoms with Gasteiger partial charge in [0.25, 0.3) is 0 Å². The van der Waals surface area contributed by atoms with Crippen molar-refractivity contribution in [1.82, 2.24) is 9.97 Å². The summed E-state index contributed by atoms with van der Waals surface area (Å²) in [4.78, 5) is 8.38. The Hall–Kier alpha value is -1.36. The molecule has 1 aliphatic heterocycles. The Bertz CT molecular complexity index is 355. The van der Waals surface area contributed by atoms with Gasteiger partial charge in [-0.15, -0.1) is 0 Å². The van der Waals surface area contributed by atoms with Crippen LogP contribution < -0.4 is 10.1 Å². The van der Waals surface area contributed by atoms with Gasteiger partial charge in [-0.2, -0.15) is 0 Å².